The van der Waals surface area contributed by atoms with Gasteiger partial charge in [-0.05, 0) is 46.2 Å². The molecule has 10 heteroatoms. The summed E-state index contributed by atoms with van der Waals surface area (Å²) in [6, 6.07) is 4.00. The molecule has 0 atom stereocenters. The predicted molar refractivity (Wildman–Crippen MR) is 123 cm³/mol. The van der Waals surface area contributed by atoms with Gasteiger partial charge in [0, 0.05) is 41.0 Å². The van der Waals surface area contributed by atoms with Crippen LogP contribution in [0.3, 0.4) is 0 Å². The van der Waals surface area contributed by atoms with E-state index in [1.54, 1.807) is 17.5 Å². The van der Waals surface area contributed by atoms with Gasteiger partial charge in [-0.3, -0.25) is 4.79 Å². The summed E-state index contributed by atoms with van der Waals surface area (Å²) in [5, 5.41) is 8.03. The molecule has 4 heterocycles. The lowest BCUT2D eigenvalue weighted by Crippen LogP contribution is -2.36. The molecular weight excluding hydrogens is 434 g/mol. The number of nitrogens with one attached hydrogen (secondary N) is 1. The summed E-state index contributed by atoms with van der Waals surface area (Å²) in [4.78, 5) is 20.3. The highest BCUT2D eigenvalue weighted by molar-refractivity contribution is 7.89. The Bertz CT molecular complexity index is 1240. The van der Waals surface area contributed by atoms with Gasteiger partial charge in [-0.1, -0.05) is 0 Å². The van der Waals surface area contributed by atoms with Gasteiger partial charge in [0.05, 0.1) is 28.6 Å². The normalized spacial score (nSPS) is 16.4. The van der Waals surface area contributed by atoms with Crippen molar-refractivity contribution in [3.63, 3.8) is 0 Å². The highest BCUT2D eigenvalue weighted by Crippen LogP contribution is 2.32. The third kappa shape index (κ3) is 4.24. The number of rotatable bonds is 6. The summed E-state index contributed by atoms with van der Waals surface area (Å²) in [6.07, 6.45) is 2.32. The smallest absolute Gasteiger partial charge is 0.252 e. The van der Waals surface area contributed by atoms with E-state index in [0.717, 1.165) is 16.1 Å². The molecule has 3 aromatic heterocycles. The predicted octanol–water partition coefficient (Wildman–Crippen LogP) is 3.12. The molecule has 0 saturated carbocycles. The molecule has 0 aliphatic carbocycles. The molecule has 1 N–H and O–H groups in total. The molecule has 0 radical (unpaired) electrons. The van der Waals surface area contributed by atoms with Crippen molar-refractivity contribution in [1.29, 1.82) is 0 Å². The summed E-state index contributed by atoms with van der Waals surface area (Å²) in [5.74, 6) is -0.0681. The second-order valence-electron chi connectivity index (χ2n) is 8.13. The fourth-order valence-corrected chi connectivity index (χ4v) is 6.40. The quantitative estimate of drug-likeness (QED) is 0.608. The molecule has 1 aliphatic heterocycles. The number of pyridine rings is 1. The van der Waals surface area contributed by atoms with Crippen molar-refractivity contribution in [2.45, 2.75) is 40.2 Å². The Hall–Kier alpha value is -2.30. The van der Waals surface area contributed by atoms with Crippen LogP contribution in [-0.2, 0) is 10.0 Å². The Balaban J connectivity index is 1.67. The van der Waals surface area contributed by atoms with Gasteiger partial charge in [-0.25, -0.2) is 22.4 Å². The monoisotopic (exact) mass is 461 g/mol. The molecule has 166 valence electrons. The number of sulfonamides is 1. The number of carbonyl (C=O) groups is 1. The fraction of sp³-hybridized carbons (Fsp3) is 0.476. The Kier molecular flexibility index (Phi) is 5.89. The van der Waals surface area contributed by atoms with E-state index in [0.29, 0.717) is 29.6 Å². The van der Waals surface area contributed by atoms with E-state index >= 15 is 0 Å². The maximum atomic E-state index is 13.1. The molecular formula is C21H27N5O3S2. The zero-order chi connectivity index (χ0) is 22.3. The van der Waals surface area contributed by atoms with Crippen LogP contribution in [0.5, 0.6) is 0 Å². The zero-order valence-corrected chi connectivity index (χ0v) is 19.8. The van der Waals surface area contributed by atoms with Gasteiger partial charge in [0.15, 0.2) is 5.65 Å². The maximum Gasteiger partial charge on any atom is 0.252 e. The number of fused-ring (bicyclic) bond motifs is 1. The van der Waals surface area contributed by atoms with Crippen LogP contribution in [0.4, 0.5) is 0 Å². The van der Waals surface area contributed by atoms with Gasteiger partial charge in [-0.2, -0.15) is 5.10 Å². The van der Waals surface area contributed by atoms with Gasteiger partial charge >= 0.3 is 0 Å². The van der Waals surface area contributed by atoms with E-state index in [4.69, 9.17) is 4.98 Å². The van der Waals surface area contributed by atoms with Crippen LogP contribution in [0.2, 0.25) is 0 Å². The lowest BCUT2D eigenvalue weighted by molar-refractivity contribution is 0.0953. The lowest BCUT2D eigenvalue weighted by Gasteiger charge is -2.15. The first-order valence-electron chi connectivity index (χ1n) is 10.4. The topological polar surface area (TPSA) is 97.2 Å². The Morgan fingerprint density at radius 2 is 2.06 bits per heavy atom. The Morgan fingerprint density at radius 1 is 1.29 bits per heavy atom. The minimum atomic E-state index is -3.18. The summed E-state index contributed by atoms with van der Waals surface area (Å²) in [7, 11) is -3.18. The number of hydrogen-bond donors (Lipinski definition) is 1. The molecule has 0 spiro atoms. The van der Waals surface area contributed by atoms with Crippen LogP contribution in [0.15, 0.2) is 18.3 Å². The van der Waals surface area contributed by atoms with Crippen molar-refractivity contribution in [2.24, 2.45) is 0 Å². The van der Waals surface area contributed by atoms with Crippen LogP contribution in [0.1, 0.15) is 46.4 Å². The molecule has 1 amide bonds. The van der Waals surface area contributed by atoms with Crippen molar-refractivity contribution < 1.29 is 13.2 Å². The van der Waals surface area contributed by atoms with Crippen LogP contribution in [-0.4, -0.2) is 58.8 Å². The van der Waals surface area contributed by atoms with Crippen molar-refractivity contribution in [1.82, 2.24) is 24.4 Å². The first kappa shape index (κ1) is 21.9. The first-order chi connectivity index (χ1) is 14.7. The molecule has 0 bridgehead atoms. The van der Waals surface area contributed by atoms with Gasteiger partial charge in [0.2, 0.25) is 10.0 Å². The average molecular weight is 462 g/mol. The molecule has 0 unspecified atom stereocenters. The van der Waals surface area contributed by atoms with Crippen molar-refractivity contribution in [2.75, 3.05) is 25.4 Å². The first-order valence-corrected chi connectivity index (χ1v) is 12.8. The van der Waals surface area contributed by atoms with Crippen molar-refractivity contribution >= 4 is 38.3 Å². The number of nitrogens with zero attached hydrogens (tertiary/aromatic N) is 4. The van der Waals surface area contributed by atoms with E-state index in [1.807, 2.05) is 24.6 Å². The van der Waals surface area contributed by atoms with Gasteiger partial charge in [0.1, 0.15) is 0 Å². The third-order valence-corrected chi connectivity index (χ3v) is 8.39. The second kappa shape index (κ2) is 8.33. The summed E-state index contributed by atoms with van der Waals surface area (Å²) in [6.45, 7) is 9.20. The van der Waals surface area contributed by atoms with E-state index in [-0.39, 0.29) is 30.8 Å². The summed E-state index contributed by atoms with van der Waals surface area (Å²) in [5.41, 5.74) is 2.92. The second-order valence-corrected chi connectivity index (χ2v) is 11.7. The molecule has 3 aromatic rings. The standard InChI is InChI=1S/C21H27N5O3S2/c1-13(2)26-20-18(12-23-26)17(11-19(24-20)16-10-14(3)30-15(16)4)21(27)22-6-8-25-7-5-9-31(25,28)29/h10-13H,5-9H2,1-4H3,(H,22,27). The van der Waals surface area contributed by atoms with Crippen molar-refractivity contribution in [3.8, 4) is 11.3 Å². The SMILES string of the molecule is Cc1cc(-c2cc(C(=O)NCCN3CCCS3(=O)=O)c3cnn(C(C)C)c3n2)c(C)s1. The van der Waals surface area contributed by atoms with E-state index in [2.05, 4.69) is 30.3 Å². The van der Waals surface area contributed by atoms with Crippen LogP contribution in [0, 0.1) is 13.8 Å². The molecule has 4 rings (SSSR count). The number of thiophene rings is 1. The van der Waals surface area contributed by atoms with Gasteiger partial charge < -0.3 is 5.32 Å². The molecule has 1 fully saturated rings. The number of aryl methyl sites for hydroxylation is 2. The Labute approximate surface area is 186 Å². The molecule has 1 saturated heterocycles. The number of amides is 1. The zero-order valence-electron chi connectivity index (χ0n) is 18.2. The molecule has 0 aromatic carbocycles. The highest BCUT2D eigenvalue weighted by Gasteiger charge is 2.28. The lowest BCUT2D eigenvalue weighted by atomic mass is 10.1. The highest BCUT2D eigenvalue weighted by atomic mass is 32.2. The minimum Gasteiger partial charge on any atom is -0.351 e. The largest absolute Gasteiger partial charge is 0.351 e. The van der Waals surface area contributed by atoms with Gasteiger partial charge in [0.25, 0.3) is 5.91 Å². The van der Waals surface area contributed by atoms with Crippen LogP contribution in [0.25, 0.3) is 22.3 Å². The van der Waals surface area contributed by atoms with Crippen molar-refractivity contribution in [3.05, 3.63) is 33.6 Å². The molecule has 1 aliphatic rings. The fourth-order valence-electron chi connectivity index (χ4n) is 3.94. The number of hydrogen-bond acceptors (Lipinski definition) is 6. The van der Waals surface area contributed by atoms with Crippen LogP contribution < -0.4 is 5.32 Å². The van der Waals surface area contributed by atoms with E-state index < -0.39 is 10.0 Å². The number of carbonyl (C=O) groups excluding carboxylic acids is 1. The van der Waals surface area contributed by atoms with Crippen LogP contribution >= 0.6 is 11.3 Å². The Morgan fingerprint density at radius 3 is 2.68 bits per heavy atom. The van der Waals surface area contributed by atoms with Gasteiger partial charge in [-0.15, -0.1) is 11.3 Å². The third-order valence-electron chi connectivity index (χ3n) is 5.47. The minimum absolute atomic E-state index is 0.0989. The van der Waals surface area contributed by atoms with E-state index in [9.17, 15) is 13.2 Å². The molecule has 31 heavy (non-hydrogen) atoms. The average Bonchev–Trinajstić information content (AvgIpc) is 3.37. The van der Waals surface area contributed by atoms with E-state index in [1.165, 1.54) is 9.18 Å². The summed E-state index contributed by atoms with van der Waals surface area (Å²) < 4.78 is 27.2. The number of aromatic nitrogens is 3. The summed E-state index contributed by atoms with van der Waals surface area (Å²) >= 11 is 1.70. The maximum absolute atomic E-state index is 13.1. The molecule has 8 nitrogen and oxygen atoms in total.